The topological polar surface area (TPSA) is 182 Å². The summed E-state index contributed by atoms with van der Waals surface area (Å²) in [5.74, 6) is 7.49. The molecular weight excluding hydrogens is 1380 g/mol. The summed E-state index contributed by atoms with van der Waals surface area (Å²) in [5.41, 5.74) is 22.4. The van der Waals surface area contributed by atoms with Crippen LogP contribution in [0.2, 0.25) is 0 Å². The van der Waals surface area contributed by atoms with E-state index in [0.29, 0.717) is 18.7 Å². The molecule has 548 valence electrons. The van der Waals surface area contributed by atoms with Crippen LogP contribution in [0.25, 0.3) is 133 Å². The Bertz CT molecular complexity index is 5840. The highest BCUT2D eigenvalue weighted by atomic mass is 35.5. The number of carbonyl (C=O) groups excluding carboxylic acids is 1. The van der Waals surface area contributed by atoms with Gasteiger partial charge in [-0.15, -0.1) is 32.1 Å². The van der Waals surface area contributed by atoms with E-state index in [0.717, 1.165) is 212 Å². The van der Waals surface area contributed by atoms with Crippen LogP contribution in [0.3, 0.4) is 0 Å². The van der Waals surface area contributed by atoms with Crippen molar-refractivity contribution in [2.45, 2.75) is 99.8 Å². The van der Waals surface area contributed by atoms with Crippen LogP contribution in [0.15, 0.2) is 289 Å². The van der Waals surface area contributed by atoms with Crippen LogP contribution >= 0.6 is 12.4 Å². The van der Waals surface area contributed by atoms with Gasteiger partial charge in [0.2, 0.25) is 5.88 Å². The van der Waals surface area contributed by atoms with Gasteiger partial charge in [0, 0.05) is 136 Å². The molecule has 0 amide bonds. The van der Waals surface area contributed by atoms with E-state index >= 15 is 0 Å². The maximum Gasteiger partial charge on any atom is 0.212 e. The van der Waals surface area contributed by atoms with Crippen molar-refractivity contribution in [3.05, 3.63) is 308 Å². The molecular formula is C93H84ClFN6O8. The summed E-state index contributed by atoms with van der Waals surface area (Å²) in [6, 6.07) is 55.4. The monoisotopic (exact) mass is 1470 g/mol. The molecule has 16 aromatic rings. The van der Waals surface area contributed by atoms with E-state index in [4.69, 9.17) is 31.2 Å². The number of fused-ring (bicyclic) bond motifs is 4. The second-order valence-electron chi connectivity index (χ2n) is 27.3. The Morgan fingerprint density at radius 2 is 0.780 bits per heavy atom. The van der Waals surface area contributed by atoms with Crippen LogP contribution in [-0.4, -0.2) is 42.8 Å². The number of Topliss-reactive ketones (excluding diaryl/α,β-unsaturated/α-hetero) is 1. The van der Waals surface area contributed by atoms with Crippen molar-refractivity contribution in [1.82, 2.24) is 29.9 Å². The zero-order valence-corrected chi connectivity index (χ0v) is 63.2. The number of aromatic nitrogens is 6. The number of pyridine rings is 2. The molecule has 0 aliphatic carbocycles. The van der Waals surface area contributed by atoms with Gasteiger partial charge >= 0.3 is 0 Å². The minimum atomic E-state index is -0.282. The second kappa shape index (κ2) is 34.8. The number of furan rings is 6. The number of methoxy groups -OCH3 is 1. The van der Waals surface area contributed by atoms with Gasteiger partial charge < -0.3 is 36.0 Å². The van der Waals surface area contributed by atoms with Crippen molar-refractivity contribution in [3.63, 3.8) is 0 Å². The zero-order chi connectivity index (χ0) is 75.4. The summed E-state index contributed by atoms with van der Waals surface area (Å²) in [4.78, 5) is 36.4. The van der Waals surface area contributed by atoms with Crippen molar-refractivity contribution in [3.8, 4) is 95.3 Å². The van der Waals surface area contributed by atoms with E-state index in [1.165, 1.54) is 35.2 Å². The number of ketones is 1. The Morgan fingerprint density at radius 3 is 1.21 bits per heavy atom. The molecule has 10 aromatic heterocycles. The molecule has 0 atom stereocenters. The van der Waals surface area contributed by atoms with E-state index < -0.39 is 0 Å². The number of hydrogen-bond acceptors (Lipinski definition) is 14. The summed E-state index contributed by atoms with van der Waals surface area (Å²) >= 11 is 0. The predicted molar refractivity (Wildman–Crippen MR) is 436 cm³/mol. The molecule has 0 fully saturated rings. The van der Waals surface area contributed by atoms with Crippen molar-refractivity contribution in [1.29, 1.82) is 0 Å². The van der Waals surface area contributed by atoms with Crippen molar-refractivity contribution >= 4 is 62.1 Å². The van der Waals surface area contributed by atoms with E-state index in [2.05, 4.69) is 130 Å². The van der Waals surface area contributed by atoms with Gasteiger partial charge in [-0.25, -0.2) is 29.3 Å². The molecule has 0 saturated heterocycles. The molecule has 0 bridgehead atoms. The normalized spacial score (nSPS) is 11.0. The third-order valence-corrected chi connectivity index (χ3v) is 18.6. The Balaban J connectivity index is 0.000000135. The molecule has 16 heteroatoms. The van der Waals surface area contributed by atoms with Gasteiger partial charge in [-0.3, -0.25) is 4.98 Å². The number of rotatable bonds is 21. The fourth-order valence-corrected chi connectivity index (χ4v) is 13.0. The first kappa shape index (κ1) is 76.1. The van der Waals surface area contributed by atoms with Crippen LogP contribution in [0.1, 0.15) is 93.5 Å². The van der Waals surface area contributed by atoms with Gasteiger partial charge in [-0.2, -0.15) is 0 Å². The van der Waals surface area contributed by atoms with Crippen LogP contribution in [0.5, 0.6) is 5.88 Å². The lowest BCUT2D eigenvalue weighted by Crippen LogP contribution is -1.94. The fourth-order valence-electron chi connectivity index (χ4n) is 13.0. The van der Waals surface area contributed by atoms with Crippen molar-refractivity contribution < 1.29 is 40.4 Å². The lowest BCUT2D eigenvalue weighted by atomic mass is 9.97. The number of benzene rings is 6. The quantitative estimate of drug-likeness (QED) is 0.0619. The van der Waals surface area contributed by atoms with Gasteiger partial charge in [-0.05, 0) is 198 Å². The number of allylic oxidation sites excluding steroid dienone is 3. The molecule has 0 N–H and O–H groups in total. The standard InChI is InChI=1S/C24H22N2O.C24H23NO3.C23H18FNO2.C22H20N2O2.ClH/c1-16(2)4-10-23-24(18-7-5-17(3)6-8-18)21-12-19(9-11-22(21)27-23)20-13-25-15-26-14-20;1-15(2)5-10-21-24(20-11-6-16(3)27-20)19-9-7-17(13-22(19)28-21)18-8-12-23(26-4)25-14-18;1-15(26)4-11-21-23(16-5-8-19(24)9-6-16)20-10-7-17(13-22(20)27-21)18-3-2-12-25-14-18;1-14(2)4-8-20-22(19-9-5-15(3)25-19)18-7-6-16(10-21(18)26-20)17-11-23-13-24-12-17;/h5-9,11-15H,1,4,10H2,2-3H3;6-9,11-14H,1,5,10H2,2-4H3;2-3,5-10,12-14H,4,11H2,1H3;5-7,9-13H,1,4,8H2,2-3H3;1H. The molecule has 0 aliphatic rings. The first-order valence-corrected chi connectivity index (χ1v) is 35.9. The van der Waals surface area contributed by atoms with Gasteiger partial charge in [0.15, 0.2) is 0 Å². The summed E-state index contributed by atoms with van der Waals surface area (Å²) in [6.45, 7) is 25.8. The molecule has 0 spiro atoms. The third-order valence-electron chi connectivity index (χ3n) is 18.6. The molecule has 0 saturated carbocycles. The summed E-state index contributed by atoms with van der Waals surface area (Å²) in [7, 11) is 1.61. The zero-order valence-electron chi connectivity index (χ0n) is 62.4. The number of hydrogen-bond donors (Lipinski definition) is 0. The lowest BCUT2D eigenvalue weighted by Gasteiger charge is -2.05. The molecule has 14 nitrogen and oxygen atoms in total. The average molecular weight is 1470 g/mol. The smallest absolute Gasteiger partial charge is 0.212 e. The highest BCUT2D eigenvalue weighted by Crippen LogP contribution is 2.43. The van der Waals surface area contributed by atoms with Gasteiger partial charge in [0.25, 0.3) is 0 Å². The van der Waals surface area contributed by atoms with Crippen LogP contribution in [0, 0.1) is 26.6 Å². The fraction of sp³-hybridized carbons (Fsp3) is 0.172. The maximum absolute atomic E-state index is 13.4. The summed E-state index contributed by atoms with van der Waals surface area (Å²) in [5, 5.41) is 4.18. The molecule has 0 radical (unpaired) electrons. The molecule has 10 heterocycles. The molecule has 16 rings (SSSR count). The Morgan fingerprint density at radius 1 is 0.385 bits per heavy atom. The maximum atomic E-state index is 13.4. The molecule has 0 unspecified atom stereocenters. The van der Waals surface area contributed by atoms with Gasteiger partial charge in [0.05, 0.1) is 18.2 Å². The second-order valence-corrected chi connectivity index (χ2v) is 27.3. The highest BCUT2D eigenvalue weighted by Gasteiger charge is 2.24. The minimum absolute atomic E-state index is 0. The van der Waals surface area contributed by atoms with E-state index in [1.54, 1.807) is 51.1 Å². The Hall–Kier alpha value is -12.6. The van der Waals surface area contributed by atoms with Crippen LogP contribution < -0.4 is 4.74 Å². The number of nitrogens with zero attached hydrogens (tertiary/aromatic N) is 6. The third kappa shape index (κ3) is 18.3. The summed E-state index contributed by atoms with van der Waals surface area (Å²) in [6.07, 6.45) is 21.7. The molecule has 109 heavy (non-hydrogen) atoms. The largest absolute Gasteiger partial charge is 0.481 e. The van der Waals surface area contributed by atoms with Crippen LogP contribution in [0.4, 0.5) is 4.39 Å². The summed E-state index contributed by atoms with van der Waals surface area (Å²) < 4.78 is 55.2. The highest BCUT2D eigenvalue weighted by molar-refractivity contribution is 6.01. The predicted octanol–water partition coefficient (Wildman–Crippen LogP) is 25.2. The number of aryl methyl sites for hydroxylation is 7. The first-order valence-electron chi connectivity index (χ1n) is 35.9. The van der Waals surface area contributed by atoms with E-state index in [1.807, 2.05) is 131 Å². The first-order chi connectivity index (χ1) is 52.4. The Kier molecular flexibility index (Phi) is 24.3. The molecule has 0 aliphatic heterocycles. The lowest BCUT2D eigenvalue weighted by molar-refractivity contribution is -0.117. The molecule has 6 aromatic carbocycles. The van der Waals surface area contributed by atoms with E-state index in [-0.39, 0.29) is 24.0 Å². The van der Waals surface area contributed by atoms with Crippen molar-refractivity contribution in [2.24, 2.45) is 0 Å². The van der Waals surface area contributed by atoms with Gasteiger partial charge in [0.1, 0.15) is 92.7 Å². The average Bonchev–Trinajstić information content (AvgIpc) is 1.65. The number of carbonyl (C=O) groups is 1. The Labute approximate surface area is 639 Å². The van der Waals surface area contributed by atoms with E-state index in [9.17, 15) is 9.18 Å². The number of halogens is 2. The SMILES string of the molecule is C=C(C)CCc1oc2cc(-c3ccc(OC)nc3)ccc2c1-c1ccc(C)o1.C=C(C)CCc1oc2cc(-c3cncnc3)ccc2c1-c1ccc(C)o1.C=C(C)CCc1oc2ccc(-c3cncnc3)cc2c1-c1ccc(C)cc1.CC(=O)CCc1oc2cc(-c3cccnc3)ccc2c1-c1ccc(F)cc1.Cl. The van der Waals surface area contributed by atoms with Crippen molar-refractivity contribution in [2.75, 3.05) is 7.11 Å². The minimum Gasteiger partial charge on any atom is -0.481 e. The van der Waals surface area contributed by atoms with Crippen LogP contribution in [-0.2, 0) is 30.5 Å². The van der Waals surface area contributed by atoms with Gasteiger partial charge in [-0.1, -0.05) is 89.0 Å². The number of ether oxygens (including phenoxy) is 1.